The molecule has 1 amide bonds. The molecule has 3 aromatic rings. The van der Waals surface area contributed by atoms with Crippen LogP contribution in [-0.2, 0) is 17.6 Å². The molecule has 0 spiro atoms. The normalized spacial score (nSPS) is 10.6. The summed E-state index contributed by atoms with van der Waals surface area (Å²) in [4.78, 5) is 21.9. The first-order valence-electron chi connectivity index (χ1n) is 7.45. The van der Waals surface area contributed by atoms with Crippen molar-refractivity contribution in [2.45, 2.75) is 19.3 Å². The Balaban J connectivity index is 1.43. The maximum absolute atomic E-state index is 11.9. The second-order valence-electron chi connectivity index (χ2n) is 5.07. The Morgan fingerprint density at radius 1 is 1.17 bits per heavy atom. The first kappa shape index (κ1) is 15.8. The number of rotatable bonds is 7. The van der Waals surface area contributed by atoms with Crippen LogP contribution in [0.2, 0.25) is 0 Å². The van der Waals surface area contributed by atoms with Gasteiger partial charge in [-0.15, -0.1) is 22.7 Å². The molecule has 0 aromatic carbocycles. The molecule has 0 saturated heterocycles. The van der Waals surface area contributed by atoms with Crippen molar-refractivity contribution in [3.8, 4) is 10.6 Å². The van der Waals surface area contributed by atoms with Crippen molar-refractivity contribution >= 4 is 28.6 Å². The molecule has 0 aliphatic rings. The smallest absolute Gasteiger partial charge is 0.220 e. The fourth-order valence-electron chi connectivity index (χ4n) is 2.15. The monoisotopic (exact) mass is 343 g/mol. The van der Waals surface area contributed by atoms with Crippen molar-refractivity contribution in [3.05, 3.63) is 58.0 Å². The predicted octanol–water partition coefficient (Wildman–Crippen LogP) is 3.56. The number of thiazole rings is 1. The largest absolute Gasteiger partial charge is 0.356 e. The van der Waals surface area contributed by atoms with Crippen LogP contribution in [-0.4, -0.2) is 22.4 Å². The van der Waals surface area contributed by atoms with E-state index in [-0.39, 0.29) is 5.91 Å². The summed E-state index contributed by atoms with van der Waals surface area (Å²) in [5.41, 5.74) is 1.98. The van der Waals surface area contributed by atoms with E-state index >= 15 is 0 Å². The quantitative estimate of drug-likeness (QED) is 0.714. The highest BCUT2D eigenvalue weighted by Gasteiger charge is 2.07. The van der Waals surface area contributed by atoms with Crippen molar-refractivity contribution in [2.24, 2.45) is 0 Å². The van der Waals surface area contributed by atoms with Gasteiger partial charge in [0.15, 0.2) is 0 Å². The SMILES string of the molecule is O=C(CCc1csc(-c2cccnc2)n1)NCCc1cccs1. The maximum Gasteiger partial charge on any atom is 0.220 e. The van der Waals surface area contributed by atoms with Gasteiger partial charge in [-0.25, -0.2) is 4.98 Å². The molecule has 1 N–H and O–H groups in total. The predicted molar refractivity (Wildman–Crippen MR) is 94.7 cm³/mol. The number of aromatic nitrogens is 2. The minimum Gasteiger partial charge on any atom is -0.356 e. The summed E-state index contributed by atoms with van der Waals surface area (Å²) in [6, 6.07) is 8.01. The van der Waals surface area contributed by atoms with Gasteiger partial charge >= 0.3 is 0 Å². The van der Waals surface area contributed by atoms with Crippen LogP contribution in [0.15, 0.2) is 47.4 Å². The third kappa shape index (κ3) is 4.71. The van der Waals surface area contributed by atoms with Gasteiger partial charge in [0, 0.05) is 41.2 Å². The Kier molecular flexibility index (Phi) is 5.50. The van der Waals surface area contributed by atoms with Crippen LogP contribution < -0.4 is 5.32 Å². The molecule has 3 aromatic heterocycles. The van der Waals surface area contributed by atoms with Crippen molar-refractivity contribution < 1.29 is 4.79 Å². The fraction of sp³-hybridized carbons (Fsp3) is 0.235. The van der Waals surface area contributed by atoms with Gasteiger partial charge in [0.25, 0.3) is 0 Å². The number of amides is 1. The molecule has 0 bridgehead atoms. The molecular formula is C17H17N3OS2. The van der Waals surface area contributed by atoms with Crippen LogP contribution in [0, 0.1) is 0 Å². The summed E-state index contributed by atoms with van der Waals surface area (Å²) in [6.07, 6.45) is 5.59. The Morgan fingerprint density at radius 2 is 2.13 bits per heavy atom. The molecule has 0 aliphatic carbocycles. The molecule has 4 nitrogen and oxygen atoms in total. The van der Waals surface area contributed by atoms with Crippen molar-refractivity contribution in [1.29, 1.82) is 0 Å². The lowest BCUT2D eigenvalue weighted by Gasteiger charge is -2.03. The van der Waals surface area contributed by atoms with Crippen molar-refractivity contribution in [2.75, 3.05) is 6.54 Å². The zero-order valence-electron chi connectivity index (χ0n) is 12.6. The van der Waals surface area contributed by atoms with Crippen LogP contribution in [0.1, 0.15) is 17.0 Å². The molecule has 118 valence electrons. The van der Waals surface area contributed by atoms with Gasteiger partial charge in [-0.1, -0.05) is 6.07 Å². The zero-order chi connectivity index (χ0) is 15.9. The van der Waals surface area contributed by atoms with Crippen LogP contribution in [0.3, 0.4) is 0 Å². The number of nitrogens with one attached hydrogen (secondary N) is 1. The summed E-state index contributed by atoms with van der Waals surface area (Å²) in [7, 11) is 0. The highest BCUT2D eigenvalue weighted by molar-refractivity contribution is 7.13. The molecule has 0 aliphatic heterocycles. The number of pyridine rings is 1. The lowest BCUT2D eigenvalue weighted by molar-refractivity contribution is -0.121. The number of aryl methyl sites for hydroxylation is 1. The van der Waals surface area contributed by atoms with Crippen molar-refractivity contribution in [1.82, 2.24) is 15.3 Å². The minimum absolute atomic E-state index is 0.0810. The van der Waals surface area contributed by atoms with E-state index in [2.05, 4.69) is 26.7 Å². The molecule has 3 rings (SSSR count). The Hall–Kier alpha value is -2.05. The number of hydrogen-bond donors (Lipinski definition) is 1. The Labute approximate surface area is 143 Å². The molecular weight excluding hydrogens is 326 g/mol. The van der Waals surface area contributed by atoms with E-state index in [1.54, 1.807) is 35.1 Å². The summed E-state index contributed by atoms with van der Waals surface area (Å²) >= 11 is 3.31. The van der Waals surface area contributed by atoms with Gasteiger partial charge in [0.05, 0.1) is 5.69 Å². The average Bonchev–Trinajstić information content (AvgIpc) is 3.25. The van der Waals surface area contributed by atoms with E-state index in [4.69, 9.17) is 0 Å². The van der Waals surface area contributed by atoms with Crippen LogP contribution >= 0.6 is 22.7 Å². The molecule has 6 heteroatoms. The number of thiophene rings is 1. The van der Waals surface area contributed by atoms with Gasteiger partial charge in [0.1, 0.15) is 5.01 Å². The zero-order valence-corrected chi connectivity index (χ0v) is 14.2. The molecule has 0 radical (unpaired) electrons. The third-order valence-electron chi connectivity index (χ3n) is 3.34. The molecule has 0 fully saturated rings. The summed E-state index contributed by atoms with van der Waals surface area (Å²) in [5, 5.41) is 7.98. The topological polar surface area (TPSA) is 54.9 Å². The number of carbonyl (C=O) groups is 1. The van der Waals surface area contributed by atoms with E-state index < -0.39 is 0 Å². The Bertz CT molecular complexity index is 738. The average molecular weight is 343 g/mol. The maximum atomic E-state index is 11.9. The van der Waals surface area contributed by atoms with Gasteiger partial charge in [-0.3, -0.25) is 9.78 Å². The molecule has 3 heterocycles. The molecule has 0 unspecified atom stereocenters. The van der Waals surface area contributed by atoms with Gasteiger partial charge in [-0.05, 0) is 36.4 Å². The Morgan fingerprint density at radius 3 is 2.91 bits per heavy atom. The molecule has 0 saturated carbocycles. The first-order valence-corrected chi connectivity index (χ1v) is 9.21. The lowest BCUT2D eigenvalue weighted by Crippen LogP contribution is -2.25. The standard InChI is InChI=1S/C17H17N3OS2/c21-16(19-9-7-15-4-2-10-22-15)6-5-14-12-23-17(20-14)13-3-1-8-18-11-13/h1-4,8,10-12H,5-7,9H2,(H,19,21). The summed E-state index contributed by atoms with van der Waals surface area (Å²) in [6.45, 7) is 0.692. The van der Waals surface area contributed by atoms with Gasteiger partial charge in [-0.2, -0.15) is 0 Å². The van der Waals surface area contributed by atoms with E-state index in [0.29, 0.717) is 19.4 Å². The van der Waals surface area contributed by atoms with E-state index in [9.17, 15) is 4.79 Å². The highest BCUT2D eigenvalue weighted by Crippen LogP contribution is 2.23. The van der Waals surface area contributed by atoms with Crippen LogP contribution in [0.25, 0.3) is 10.6 Å². The van der Waals surface area contributed by atoms with Crippen LogP contribution in [0.5, 0.6) is 0 Å². The lowest BCUT2D eigenvalue weighted by atomic mass is 10.2. The fourth-order valence-corrected chi connectivity index (χ4v) is 3.71. The van der Waals surface area contributed by atoms with E-state index in [0.717, 1.165) is 22.7 Å². The first-order chi connectivity index (χ1) is 11.3. The number of nitrogens with zero attached hydrogens (tertiary/aromatic N) is 2. The van der Waals surface area contributed by atoms with Gasteiger partial charge < -0.3 is 5.32 Å². The highest BCUT2D eigenvalue weighted by atomic mass is 32.1. The summed E-state index contributed by atoms with van der Waals surface area (Å²) in [5.74, 6) is 0.0810. The van der Waals surface area contributed by atoms with E-state index in [1.165, 1.54) is 4.88 Å². The molecule has 0 atom stereocenters. The summed E-state index contributed by atoms with van der Waals surface area (Å²) < 4.78 is 0. The molecule has 23 heavy (non-hydrogen) atoms. The number of hydrogen-bond acceptors (Lipinski definition) is 5. The second-order valence-corrected chi connectivity index (χ2v) is 6.96. The third-order valence-corrected chi connectivity index (χ3v) is 5.22. The minimum atomic E-state index is 0.0810. The van der Waals surface area contributed by atoms with Crippen LogP contribution in [0.4, 0.5) is 0 Å². The van der Waals surface area contributed by atoms with E-state index in [1.807, 2.05) is 23.6 Å². The number of carbonyl (C=O) groups excluding carboxylic acids is 1. The van der Waals surface area contributed by atoms with Gasteiger partial charge in [0.2, 0.25) is 5.91 Å². The van der Waals surface area contributed by atoms with Crippen molar-refractivity contribution in [3.63, 3.8) is 0 Å². The second kappa shape index (κ2) is 7.99.